The number of hydrogen-bond donors (Lipinski definition) is 1. The third kappa shape index (κ3) is 4.67. The van der Waals surface area contributed by atoms with Gasteiger partial charge in [0, 0.05) is 25.7 Å². The standard InChI is InChI=1S/C14H27N3O3/c1-4-7-16(11-13(18)19)14(20)17-9-6-8-15(3)10-12(17)5-2/h12H,4-11H2,1-3H3,(H,18,19). The molecule has 0 aromatic rings. The lowest BCUT2D eigenvalue weighted by Crippen LogP contribution is -2.51. The molecule has 1 aliphatic rings. The summed E-state index contributed by atoms with van der Waals surface area (Å²) >= 11 is 0. The average molecular weight is 285 g/mol. The highest BCUT2D eigenvalue weighted by Crippen LogP contribution is 2.14. The number of hydrogen-bond acceptors (Lipinski definition) is 3. The van der Waals surface area contributed by atoms with E-state index in [4.69, 9.17) is 5.11 Å². The van der Waals surface area contributed by atoms with E-state index in [9.17, 15) is 9.59 Å². The van der Waals surface area contributed by atoms with E-state index in [0.29, 0.717) is 13.1 Å². The van der Waals surface area contributed by atoms with Crippen LogP contribution in [0.5, 0.6) is 0 Å². The maximum atomic E-state index is 12.6. The zero-order chi connectivity index (χ0) is 15.1. The minimum Gasteiger partial charge on any atom is -0.480 e. The molecule has 20 heavy (non-hydrogen) atoms. The van der Waals surface area contributed by atoms with Gasteiger partial charge in [0.1, 0.15) is 6.54 Å². The Balaban J connectivity index is 2.80. The fourth-order valence-corrected chi connectivity index (χ4v) is 2.70. The smallest absolute Gasteiger partial charge is 0.323 e. The lowest BCUT2D eigenvalue weighted by atomic mass is 10.2. The number of carbonyl (C=O) groups is 2. The molecule has 1 atom stereocenters. The largest absolute Gasteiger partial charge is 0.480 e. The normalized spacial score (nSPS) is 20.6. The van der Waals surface area contributed by atoms with Gasteiger partial charge in [0.25, 0.3) is 0 Å². The van der Waals surface area contributed by atoms with Crippen LogP contribution in [0.3, 0.4) is 0 Å². The highest BCUT2D eigenvalue weighted by Gasteiger charge is 2.29. The molecule has 0 aromatic heterocycles. The maximum Gasteiger partial charge on any atom is 0.323 e. The van der Waals surface area contributed by atoms with Crippen molar-refractivity contribution >= 4 is 12.0 Å². The highest BCUT2D eigenvalue weighted by atomic mass is 16.4. The maximum absolute atomic E-state index is 12.6. The molecule has 0 aromatic carbocycles. The Morgan fingerprint density at radius 1 is 1.30 bits per heavy atom. The van der Waals surface area contributed by atoms with Gasteiger partial charge in [-0.25, -0.2) is 4.79 Å². The van der Waals surface area contributed by atoms with Crippen molar-refractivity contribution < 1.29 is 14.7 Å². The Bertz CT molecular complexity index is 336. The molecule has 1 fully saturated rings. The van der Waals surface area contributed by atoms with Crippen LogP contribution >= 0.6 is 0 Å². The fourth-order valence-electron chi connectivity index (χ4n) is 2.70. The van der Waals surface area contributed by atoms with Crippen molar-refractivity contribution in [2.75, 3.05) is 39.8 Å². The summed E-state index contributed by atoms with van der Waals surface area (Å²) in [5.74, 6) is -0.952. The van der Waals surface area contributed by atoms with E-state index in [0.717, 1.165) is 32.4 Å². The van der Waals surface area contributed by atoms with Crippen LogP contribution in [0.4, 0.5) is 4.79 Å². The van der Waals surface area contributed by atoms with Crippen molar-refractivity contribution in [3.8, 4) is 0 Å². The first-order valence-electron chi connectivity index (χ1n) is 7.45. The highest BCUT2D eigenvalue weighted by molar-refractivity contribution is 5.80. The van der Waals surface area contributed by atoms with Crippen molar-refractivity contribution in [1.29, 1.82) is 0 Å². The Hall–Kier alpha value is -1.30. The van der Waals surface area contributed by atoms with Gasteiger partial charge in [-0.1, -0.05) is 13.8 Å². The Morgan fingerprint density at radius 2 is 2.00 bits per heavy atom. The van der Waals surface area contributed by atoms with Gasteiger partial charge in [0.15, 0.2) is 0 Å². The van der Waals surface area contributed by atoms with E-state index in [-0.39, 0.29) is 18.6 Å². The first kappa shape index (κ1) is 16.8. The molecule has 116 valence electrons. The zero-order valence-corrected chi connectivity index (χ0v) is 12.8. The molecule has 1 N–H and O–H groups in total. The zero-order valence-electron chi connectivity index (χ0n) is 12.8. The molecule has 0 radical (unpaired) electrons. The van der Waals surface area contributed by atoms with Gasteiger partial charge >= 0.3 is 12.0 Å². The number of carboxylic acids is 1. The molecule has 2 amide bonds. The Labute approximate surface area is 121 Å². The van der Waals surface area contributed by atoms with Crippen molar-refractivity contribution in [1.82, 2.24) is 14.7 Å². The SMILES string of the molecule is CCCN(CC(=O)O)C(=O)N1CCCN(C)CC1CC. The van der Waals surface area contributed by atoms with E-state index in [1.165, 1.54) is 4.90 Å². The number of rotatable bonds is 5. The van der Waals surface area contributed by atoms with Gasteiger partial charge in [0.2, 0.25) is 0 Å². The summed E-state index contributed by atoms with van der Waals surface area (Å²) in [4.78, 5) is 29.1. The number of nitrogens with zero attached hydrogens (tertiary/aromatic N) is 3. The van der Waals surface area contributed by atoms with Crippen LogP contribution in [-0.2, 0) is 4.79 Å². The number of carbonyl (C=O) groups excluding carboxylic acids is 1. The van der Waals surface area contributed by atoms with Gasteiger partial charge in [0.05, 0.1) is 0 Å². The number of likely N-dealkylation sites (N-methyl/N-ethyl adjacent to an activating group) is 1. The predicted molar refractivity (Wildman–Crippen MR) is 77.8 cm³/mol. The van der Waals surface area contributed by atoms with E-state index >= 15 is 0 Å². The van der Waals surface area contributed by atoms with Gasteiger partial charge in [-0.2, -0.15) is 0 Å². The summed E-state index contributed by atoms with van der Waals surface area (Å²) in [6.07, 6.45) is 2.60. The van der Waals surface area contributed by atoms with Crippen LogP contribution < -0.4 is 0 Å². The van der Waals surface area contributed by atoms with Crippen LogP contribution in [0.25, 0.3) is 0 Å². The van der Waals surface area contributed by atoms with Crippen LogP contribution in [0, 0.1) is 0 Å². The topological polar surface area (TPSA) is 64.1 Å². The second-order valence-electron chi connectivity index (χ2n) is 5.47. The summed E-state index contributed by atoms with van der Waals surface area (Å²) in [6, 6.07) is 0.0413. The minimum atomic E-state index is -0.952. The van der Waals surface area contributed by atoms with E-state index in [1.54, 1.807) is 0 Å². The van der Waals surface area contributed by atoms with Crippen molar-refractivity contribution in [2.45, 2.75) is 39.2 Å². The number of aliphatic carboxylic acids is 1. The molecule has 1 saturated heterocycles. The Kier molecular flexibility index (Phi) is 6.78. The third-order valence-corrected chi connectivity index (χ3v) is 3.71. The number of urea groups is 1. The first-order valence-corrected chi connectivity index (χ1v) is 7.45. The number of amides is 2. The van der Waals surface area contributed by atoms with Crippen molar-refractivity contribution in [3.63, 3.8) is 0 Å². The molecule has 1 rings (SSSR count). The lowest BCUT2D eigenvalue weighted by molar-refractivity contribution is -0.137. The van der Waals surface area contributed by atoms with Gasteiger partial charge < -0.3 is 19.8 Å². The molecule has 0 aliphatic carbocycles. The molecular weight excluding hydrogens is 258 g/mol. The average Bonchev–Trinajstić information content (AvgIpc) is 2.58. The molecule has 1 heterocycles. The van der Waals surface area contributed by atoms with E-state index < -0.39 is 5.97 Å². The molecule has 0 saturated carbocycles. The van der Waals surface area contributed by atoms with Gasteiger partial charge in [-0.3, -0.25) is 4.79 Å². The van der Waals surface area contributed by atoms with Crippen LogP contribution in [-0.4, -0.2) is 77.6 Å². The van der Waals surface area contributed by atoms with Crippen molar-refractivity contribution in [2.24, 2.45) is 0 Å². The molecule has 1 aliphatic heterocycles. The molecular formula is C14H27N3O3. The Morgan fingerprint density at radius 3 is 2.55 bits per heavy atom. The summed E-state index contributed by atoms with van der Waals surface area (Å²) in [7, 11) is 2.07. The molecule has 1 unspecified atom stereocenters. The monoisotopic (exact) mass is 285 g/mol. The van der Waals surface area contributed by atoms with E-state index in [2.05, 4.69) is 18.9 Å². The third-order valence-electron chi connectivity index (χ3n) is 3.71. The summed E-state index contributed by atoms with van der Waals surface area (Å²) < 4.78 is 0. The fraction of sp³-hybridized carbons (Fsp3) is 0.857. The molecule has 6 heteroatoms. The second-order valence-corrected chi connectivity index (χ2v) is 5.47. The van der Waals surface area contributed by atoms with Gasteiger partial charge in [-0.15, -0.1) is 0 Å². The van der Waals surface area contributed by atoms with Crippen LogP contribution in [0.2, 0.25) is 0 Å². The summed E-state index contributed by atoms with van der Waals surface area (Å²) in [6.45, 7) is 6.86. The van der Waals surface area contributed by atoms with Crippen LogP contribution in [0.1, 0.15) is 33.1 Å². The van der Waals surface area contributed by atoms with Gasteiger partial charge in [-0.05, 0) is 32.9 Å². The minimum absolute atomic E-state index is 0.128. The molecule has 0 bridgehead atoms. The summed E-state index contributed by atoms with van der Waals surface area (Å²) in [5, 5.41) is 8.96. The quantitative estimate of drug-likeness (QED) is 0.827. The van der Waals surface area contributed by atoms with E-state index in [1.807, 2.05) is 11.8 Å². The summed E-state index contributed by atoms with van der Waals surface area (Å²) in [5.41, 5.74) is 0. The molecule has 0 spiro atoms. The lowest BCUT2D eigenvalue weighted by Gasteiger charge is -2.34. The molecule has 6 nitrogen and oxygen atoms in total. The second kappa shape index (κ2) is 8.09. The van der Waals surface area contributed by atoms with Crippen molar-refractivity contribution in [3.05, 3.63) is 0 Å². The first-order chi connectivity index (χ1) is 9.49. The number of carboxylic acid groups (broad SMARTS) is 1. The van der Waals surface area contributed by atoms with Crippen LogP contribution in [0.15, 0.2) is 0 Å². The predicted octanol–water partition coefficient (Wildman–Crippen LogP) is 1.32.